The van der Waals surface area contributed by atoms with Crippen LogP contribution >= 0.6 is 11.6 Å². The number of nitrogens with one attached hydrogen (secondary N) is 1. The third kappa shape index (κ3) is 3.22. The van der Waals surface area contributed by atoms with E-state index in [-0.39, 0.29) is 11.4 Å². The second-order valence-electron chi connectivity index (χ2n) is 4.46. The van der Waals surface area contributed by atoms with Gasteiger partial charge in [0.15, 0.2) is 12.0 Å². The van der Waals surface area contributed by atoms with Crippen LogP contribution in [0.1, 0.15) is 5.56 Å². The van der Waals surface area contributed by atoms with Gasteiger partial charge in [-0.05, 0) is 24.3 Å². The van der Waals surface area contributed by atoms with Crippen molar-refractivity contribution in [1.82, 2.24) is 5.32 Å². The highest BCUT2D eigenvalue weighted by Crippen LogP contribution is 2.32. The van der Waals surface area contributed by atoms with Crippen LogP contribution in [-0.2, 0) is 14.3 Å². The van der Waals surface area contributed by atoms with Crippen molar-refractivity contribution in [1.29, 1.82) is 0 Å². The van der Waals surface area contributed by atoms with Gasteiger partial charge in [-0.3, -0.25) is 14.6 Å². The summed E-state index contributed by atoms with van der Waals surface area (Å²) in [4.78, 5) is 26.8. The summed E-state index contributed by atoms with van der Waals surface area (Å²) in [6, 6.07) is 3.21. The van der Waals surface area contributed by atoms with E-state index in [2.05, 4.69) is 15.0 Å². The molecule has 0 radical (unpaired) electrons. The molecular weight excluding hydrogens is 325 g/mol. The number of aliphatic imine (C=N–C) groups is 1. The molecule has 9 heteroatoms. The highest BCUT2D eigenvalue weighted by atomic mass is 35.5. The molecule has 0 spiro atoms. The number of amides is 1. The molecule has 2 atom stereocenters. The standard InChI is InChI=1S/C13H10ClF3N2O3/c1-22-12(21)8-9(13(15,16)17)18-10(19-11(8)20)6-2-4-7(14)5-3-6/h2-5,8-9H,1H3,(H,18,19,20). The maximum Gasteiger partial charge on any atom is 0.412 e. The molecule has 2 rings (SSSR count). The van der Waals surface area contributed by atoms with Gasteiger partial charge in [0.05, 0.1) is 7.11 Å². The molecule has 0 fully saturated rings. The Morgan fingerprint density at radius 3 is 2.41 bits per heavy atom. The first kappa shape index (κ1) is 16.3. The molecule has 0 aliphatic carbocycles. The number of hydrogen-bond donors (Lipinski definition) is 1. The zero-order valence-corrected chi connectivity index (χ0v) is 11.9. The van der Waals surface area contributed by atoms with Crippen LogP contribution in [0.5, 0.6) is 0 Å². The van der Waals surface area contributed by atoms with Crippen molar-refractivity contribution in [3.63, 3.8) is 0 Å². The lowest BCUT2D eigenvalue weighted by atomic mass is 9.96. The smallest absolute Gasteiger partial charge is 0.412 e. The topological polar surface area (TPSA) is 67.8 Å². The van der Waals surface area contributed by atoms with Crippen molar-refractivity contribution in [2.75, 3.05) is 7.11 Å². The van der Waals surface area contributed by atoms with E-state index in [9.17, 15) is 22.8 Å². The van der Waals surface area contributed by atoms with Gasteiger partial charge in [-0.15, -0.1) is 0 Å². The fourth-order valence-electron chi connectivity index (χ4n) is 1.96. The Morgan fingerprint density at radius 2 is 1.91 bits per heavy atom. The minimum absolute atomic E-state index is 0.246. The predicted molar refractivity (Wildman–Crippen MR) is 71.5 cm³/mol. The molecule has 1 amide bonds. The molecule has 1 aromatic rings. The molecule has 0 bridgehead atoms. The fraction of sp³-hybridized carbons (Fsp3) is 0.308. The molecule has 2 unspecified atom stereocenters. The summed E-state index contributed by atoms with van der Waals surface area (Å²) >= 11 is 5.70. The molecule has 1 N–H and O–H groups in total. The molecule has 118 valence electrons. The Labute approximate surface area is 128 Å². The van der Waals surface area contributed by atoms with Gasteiger partial charge in [-0.2, -0.15) is 13.2 Å². The number of carbonyl (C=O) groups excluding carboxylic acids is 2. The van der Waals surface area contributed by atoms with Crippen molar-refractivity contribution >= 4 is 29.3 Å². The van der Waals surface area contributed by atoms with Gasteiger partial charge < -0.3 is 10.1 Å². The number of alkyl halides is 3. The number of esters is 1. The van der Waals surface area contributed by atoms with Gasteiger partial charge in [-0.25, -0.2) is 0 Å². The maximum absolute atomic E-state index is 13.1. The summed E-state index contributed by atoms with van der Waals surface area (Å²) in [7, 11) is 0.904. The fourth-order valence-corrected chi connectivity index (χ4v) is 2.09. The highest BCUT2D eigenvalue weighted by Gasteiger charge is 2.53. The Morgan fingerprint density at radius 1 is 1.32 bits per heavy atom. The van der Waals surface area contributed by atoms with Gasteiger partial charge in [0.1, 0.15) is 5.84 Å². The Kier molecular flexibility index (Phi) is 4.41. The van der Waals surface area contributed by atoms with Gasteiger partial charge in [-0.1, -0.05) is 11.6 Å². The quantitative estimate of drug-likeness (QED) is 0.664. The van der Waals surface area contributed by atoms with E-state index in [0.717, 1.165) is 7.11 Å². The van der Waals surface area contributed by atoms with Crippen molar-refractivity contribution < 1.29 is 27.5 Å². The number of halogens is 4. The van der Waals surface area contributed by atoms with Crippen LogP contribution in [0.25, 0.3) is 0 Å². The lowest BCUT2D eigenvalue weighted by molar-refractivity contribution is -0.178. The average molecular weight is 335 g/mol. The summed E-state index contributed by atoms with van der Waals surface area (Å²) in [5.41, 5.74) is 0.246. The lowest BCUT2D eigenvalue weighted by Crippen LogP contribution is -2.54. The van der Waals surface area contributed by atoms with E-state index in [1.807, 2.05) is 0 Å². The van der Waals surface area contributed by atoms with E-state index in [1.165, 1.54) is 24.3 Å². The van der Waals surface area contributed by atoms with Crippen molar-refractivity contribution in [2.45, 2.75) is 12.2 Å². The van der Waals surface area contributed by atoms with Gasteiger partial charge in [0.25, 0.3) is 0 Å². The first-order valence-electron chi connectivity index (χ1n) is 6.03. The first-order valence-corrected chi connectivity index (χ1v) is 6.41. The number of carbonyl (C=O) groups is 2. The van der Waals surface area contributed by atoms with Crippen LogP contribution in [0.4, 0.5) is 13.2 Å². The Balaban J connectivity index is 2.46. The molecular formula is C13H10ClF3N2O3. The number of ether oxygens (including phenoxy) is 1. The largest absolute Gasteiger partial charge is 0.468 e. The minimum atomic E-state index is -4.87. The summed E-state index contributed by atoms with van der Waals surface area (Å²) < 4.78 is 43.6. The number of nitrogens with zero attached hydrogens (tertiary/aromatic N) is 1. The summed E-state index contributed by atoms with van der Waals surface area (Å²) in [6.45, 7) is 0. The molecule has 0 saturated heterocycles. The summed E-state index contributed by atoms with van der Waals surface area (Å²) in [5, 5.41) is 2.57. The minimum Gasteiger partial charge on any atom is -0.468 e. The SMILES string of the molecule is COC(=O)C1C(=O)NC(c2ccc(Cl)cc2)=NC1C(F)(F)F. The molecule has 5 nitrogen and oxygen atoms in total. The monoisotopic (exact) mass is 334 g/mol. The highest BCUT2D eigenvalue weighted by molar-refractivity contribution is 6.30. The van der Waals surface area contributed by atoms with E-state index in [1.54, 1.807) is 0 Å². The summed E-state index contributed by atoms with van der Waals surface area (Å²) in [5.74, 6) is -4.75. The zero-order chi connectivity index (χ0) is 16.5. The van der Waals surface area contributed by atoms with Crippen molar-refractivity contribution in [3.8, 4) is 0 Å². The van der Waals surface area contributed by atoms with Crippen molar-refractivity contribution in [3.05, 3.63) is 34.9 Å². The van der Waals surface area contributed by atoms with E-state index >= 15 is 0 Å². The average Bonchev–Trinajstić information content (AvgIpc) is 2.45. The van der Waals surface area contributed by atoms with Gasteiger partial charge >= 0.3 is 12.1 Å². The third-order valence-electron chi connectivity index (χ3n) is 3.02. The molecule has 1 heterocycles. The van der Waals surface area contributed by atoms with E-state index < -0.39 is 30.0 Å². The molecule has 1 aliphatic rings. The maximum atomic E-state index is 13.1. The van der Waals surface area contributed by atoms with Crippen LogP contribution in [0, 0.1) is 5.92 Å². The lowest BCUT2D eigenvalue weighted by Gasteiger charge is -2.28. The molecule has 0 aromatic heterocycles. The van der Waals surface area contributed by atoms with Crippen LogP contribution in [-0.4, -0.2) is 37.0 Å². The third-order valence-corrected chi connectivity index (χ3v) is 3.27. The molecule has 1 aliphatic heterocycles. The molecule has 0 saturated carbocycles. The number of benzene rings is 1. The second kappa shape index (κ2) is 5.96. The van der Waals surface area contributed by atoms with Crippen molar-refractivity contribution in [2.24, 2.45) is 10.9 Å². The number of amidine groups is 1. The van der Waals surface area contributed by atoms with E-state index in [0.29, 0.717) is 5.02 Å². The number of methoxy groups -OCH3 is 1. The van der Waals surface area contributed by atoms with Crippen LogP contribution < -0.4 is 5.32 Å². The molecule has 1 aromatic carbocycles. The normalized spacial score (nSPS) is 21.9. The number of hydrogen-bond acceptors (Lipinski definition) is 4. The van der Waals surface area contributed by atoms with Crippen LogP contribution in [0.2, 0.25) is 5.02 Å². The van der Waals surface area contributed by atoms with Crippen LogP contribution in [0.3, 0.4) is 0 Å². The summed E-state index contributed by atoms with van der Waals surface area (Å²) in [6.07, 6.45) is -4.87. The Bertz CT molecular complexity index is 628. The van der Waals surface area contributed by atoms with Gasteiger partial charge in [0, 0.05) is 10.6 Å². The van der Waals surface area contributed by atoms with Crippen LogP contribution in [0.15, 0.2) is 29.3 Å². The van der Waals surface area contributed by atoms with E-state index in [4.69, 9.17) is 11.6 Å². The first-order chi connectivity index (χ1) is 10.2. The predicted octanol–water partition coefficient (Wildman–Crippen LogP) is 1.94. The number of rotatable bonds is 2. The van der Waals surface area contributed by atoms with Gasteiger partial charge in [0.2, 0.25) is 5.91 Å². The molecule has 22 heavy (non-hydrogen) atoms. The Hall–Kier alpha value is -2.09. The second-order valence-corrected chi connectivity index (χ2v) is 4.90. The zero-order valence-electron chi connectivity index (χ0n) is 11.1.